The van der Waals surface area contributed by atoms with Crippen molar-refractivity contribution < 1.29 is 14.3 Å². The van der Waals surface area contributed by atoms with Crippen LogP contribution in [0.15, 0.2) is 24.3 Å². The zero-order valence-electron chi connectivity index (χ0n) is 9.12. The molecule has 0 aliphatic carbocycles. The van der Waals surface area contributed by atoms with E-state index >= 15 is 0 Å². The number of benzene rings is 1. The Hall–Kier alpha value is -1.36. The number of carboxylic acid groups (broad SMARTS) is 1. The van der Waals surface area contributed by atoms with Gasteiger partial charge in [0.15, 0.2) is 0 Å². The third-order valence-corrected chi connectivity index (χ3v) is 3.33. The number of halogens is 4. The maximum absolute atomic E-state index is 13.3. The van der Waals surface area contributed by atoms with Crippen molar-refractivity contribution in [3.8, 4) is 11.3 Å². The molecule has 0 bridgehead atoms. The highest BCUT2D eigenvalue weighted by molar-refractivity contribution is 6.45. The lowest BCUT2D eigenvalue weighted by Crippen LogP contribution is -2.00. The van der Waals surface area contributed by atoms with Gasteiger partial charge in [0.2, 0.25) is 5.95 Å². The highest BCUT2D eigenvalue weighted by Gasteiger charge is 2.14. The van der Waals surface area contributed by atoms with E-state index in [1.807, 2.05) is 0 Å². The maximum Gasteiger partial charge on any atom is 0.335 e. The standard InChI is InChI=1S/C12H5Cl3FNO2/c13-6-3-7(11(15)8(14)4-6)9-1-5(12(18)19)2-10(16)17-9/h1-4H,(H,18,19). The first-order valence-electron chi connectivity index (χ1n) is 4.94. The van der Waals surface area contributed by atoms with Crippen LogP contribution in [0.3, 0.4) is 0 Å². The Morgan fingerprint density at radius 1 is 1.16 bits per heavy atom. The number of carboxylic acids is 1. The van der Waals surface area contributed by atoms with E-state index in [0.717, 1.165) is 6.07 Å². The van der Waals surface area contributed by atoms with Gasteiger partial charge in [0.1, 0.15) is 0 Å². The monoisotopic (exact) mass is 319 g/mol. The largest absolute Gasteiger partial charge is 0.478 e. The Labute approximate surface area is 122 Å². The summed E-state index contributed by atoms with van der Waals surface area (Å²) in [5.74, 6) is -2.20. The molecule has 0 amide bonds. The first-order valence-corrected chi connectivity index (χ1v) is 6.07. The van der Waals surface area contributed by atoms with Crippen LogP contribution in [0, 0.1) is 5.95 Å². The van der Waals surface area contributed by atoms with Crippen LogP contribution in [0.25, 0.3) is 11.3 Å². The number of pyridine rings is 1. The molecule has 1 heterocycles. The van der Waals surface area contributed by atoms with E-state index in [9.17, 15) is 9.18 Å². The second kappa shape index (κ2) is 5.33. The lowest BCUT2D eigenvalue weighted by Gasteiger charge is -2.07. The summed E-state index contributed by atoms with van der Waals surface area (Å²) >= 11 is 17.7. The van der Waals surface area contributed by atoms with Gasteiger partial charge in [-0.15, -0.1) is 0 Å². The molecule has 0 saturated carbocycles. The fourth-order valence-corrected chi connectivity index (χ4v) is 2.20. The second-order valence-electron chi connectivity index (χ2n) is 3.62. The minimum absolute atomic E-state index is 0.0480. The van der Waals surface area contributed by atoms with Gasteiger partial charge in [-0.05, 0) is 18.2 Å². The average molecular weight is 321 g/mol. The lowest BCUT2D eigenvalue weighted by atomic mass is 10.1. The Morgan fingerprint density at radius 3 is 2.47 bits per heavy atom. The first-order chi connectivity index (χ1) is 8.88. The number of hydrogen-bond acceptors (Lipinski definition) is 2. The highest BCUT2D eigenvalue weighted by atomic mass is 35.5. The summed E-state index contributed by atoms with van der Waals surface area (Å²) in [7, 11) is 0. The van der Waals surface area contributed by atoms with E-state index in [4.69, 9.17) is 39.9 Å². The molecule has 7 heteroatoms. The van der Waals surface area contributed by atoms with Crippen molar-refractivity contribution in [1.82, 2.24) is 4.98 Å². The smallest absolute Gasteiger partial charge is 0.335 e. The number of aromatic carboxylic acids is 1. The Kier molecular flexibility index (Phi) is 3.94. The summed E-state index contributed by atoms with van der Waals surface area (Å²) in [5, 5.41) is 9.46. The predicted octanol–water partition coefficient (Wildman–Crippen LogP) is 4.55. The Balaban J connectivity index is 2.68. The molecule has 0 aliphatic heterocycles. The van der Waals surface area contributed by atoms with Crippen molar-refractivity contribution in [2.45, 2.75) is 0 Å². The molecule has 0 fully saturated rings. The predicted molar refractivity (Wildman–Crippen MR) is 71.6 cm³/mol. The van der Waals surface area contributed by atoms with Crippen LogP contribution in [0.2, 0.25) is 15.1 Å². The molecule has 2 rings (SSSR count). The quantitative estimate of drug-likeness (QED) is 0.652. The summed E-state index contributed by atoms with van der Waals surface area (Å²) in [4.78, 5) is 14.5. The molecule has 2 aromatic rings. The third-order valence-electron chi connectivity index (χ3n) is 2.31. The Bertz CT molecular complexity index is 676. The van der Waals surface area contributed by atoms with Gasteiger partial charge in [-0.25, -0.2) is 9.78 Å². The van der Waals surface area contributed by atoms with E-state index in [-0.39, 0.29) is 31.9 Å². The highest BCUT2D eigenvalue weighted by Crippen LogP contribution is 2.36. The molecule has 0 atom stereocenters. The van der Waals surface area contributed by atoms with E-state index < -0.39 is 11.9 Å². The van der Waals surface area contributed by atoms with E-state index in [0.29, 0.717) is 0 Å². The minimum atomic E-state index is -1.27. The van der Waals surface area contributed by atoms with Crippen LogP contribution in [-0.2, 0) is 0 Å². The molecule has 98 valence electrons. The van der Waals surface area contributed by atoms with Crippen LogP contribution in [0.4, 0.5) is 4.39 Å². The number of aromatic nitrogens is 1. The summed E-state index contributed by atoms with van der Waals surface area (Å²) in [5.41, 5.74) is 0.0719. The molecule has 1 N–H and O–H groups in total. The summed E-state index contributed by atoms with van der Waals surface area (Å²) < 4.78 is 13.3. The van der Waals surface area contributed by atoms with Gasteiger partial charge in [-0.1, -0.05) is 34.8 Å². The molecule has 3 nitrogen and oxygen atoms in total. The fraction of sp³-hybridized carbons (Fsp3) is 0. The van der Waals surface area contributed by atoms with Crippen molar-refractivity contribution in [3.63, 3.8) is 0 Å². The molecule has 0 spiro atoms. The molecular weight excluding hydrogens is 315 g/mol. The summed E-state index contributed by atoms with van der Waals surface area (Å²) in [6.07, 6.45) is 0. The van der Waals surface area contributed by atoms with Crippen LogP contribution in [-0.4, -0.2) is 16.1 Å². The van der Waals surface area contributed by atoms with Crippen molar-refractivity contribution in [3.05, 3.63) is 50.8 Å². The topological polar surface area (TPSA) is 50.2 Å². The molecule has 1 aromatic carbocycles. The fourth-order valence-electron chi connectivity index (χ4n) is 1.50. The average Bonchev–Trinajstić information content (AvgIpc) is 2.32. The van der Waals surface area contributed by atoms with Crippen LogP contribution in [0.1, 0.15) is 10.4 Å². The van der Waals surface area contributed by atoms with Gasteiger partial charge in [-0.2, -0.15) is 4.39 Å². The van der Waals surface area contributed by atoms with E-state index in [2.05, 4.69) is 4.98 Å². The number of carbonyl (C=O) groups is 1. The number of nitrogens with zero attached hydrogens (tertiary/aromatic N) is 1. The lowest BCUT2D eigenvalue weighted by molar-refractivity contribution is 0.0696. The SMILES string of the molecule is O=C(O)c1cc(F)nc(-c2cc(Cl)cc(Cl)c2Cl)c1. The number of hydrogen-bond donors (Lipinski definition) is 1. The van der Waals surface area contributed by atoms with Gasteiger partial charge >= 0.3 is 5.97 Å². The van der Waals surface area contributed by atoms with E-state index in [1.165, 1.54) is 18.2 Å². The van der Waals surface area contributed by atoms with Gasteiger partial charge < -0.3 is 5.11 Å². The van der Waals surface area contributed by atoms with Crippen LogP contribution in [0.5, 0.6) is 0 Å². The van der Waals surface area contributed by atoms with E-state index in [1.54, 1.807) is 0 Å². The van der Waals surface area contributed by atoms with Gasteiger partial charge in [0.25, 0.3) is 0 Å². The normalized spacial score (nSPS) is 10.5. The Morgan fingerprint density at radius 2 is 1.84 bits per heavy atom. The van der Waals surface area contributed by atoms with Crippen molar-refractivity contribution in [1.29, 1.82) is 0 Å². The van der Waals surface area contributed by atoms with Crippen molar-refractivity contribution in [2.24, 2.45) is 0 Å². The first kappa shape index (κ1) is 14.1. The second-order valence-corrected chi connectivity index (χ2v) is 4.84. The van der Waals surface area contributed by atoms with Crippen molar-refractivity contribution in [2.75, 3.05) is 0 Å². The third kappa shape index (κ3) is 2.97. The zero-order valence-corrected chi connectivity index (χ0v) is 11.4. The molecule has 1 aromatic heterocycles. The number of rotatable bonds is 2. The molecule has 19 heavy (non-hydrogen) atoms. The van der Waals surface area contributed by atoms with Crippen molar-refractivity contribution >= 4 is 40.8 Å². The minimum Gasteiger partial charge on any atom is -0.478 e. The maximum atomic E-state index is 13.3. The van der Waals surface area contributed by atoms with Gasteiger partial charge in [-0.3, -0.25) is 0 Å². The molecular formula is C12H5Cl3FNO2. The van der Waals surface area contributed by atoms with Crippen LogP contribution >= 0.6 is 34.8 Å². The van der Waals surface area contributed by atoms with Crippen LogP contribution < -0.4 is 0 Å². The molecule has 0 radical (unpaired) electrons. The van der Waals surface area contributed by atoms with Gasteiger partial charge in [0.05, 0.1) is 21.3 Å². The van der Waals surface area contributed by atoms with Gasteiger partial charge in [0, 0.05) is 16.7 Å². The molecule has 0 aliphatic rings. The summed E-state index contributed by atoms with van der Waals surface area (Å²) in [6.45, 7) is 0. The molecule has 0 unspecified atom stereocenters. The molecule has 0 saturated heterocycles. The zero-order chi connectivity index (χ0) is 14.2. The summed E-state index contributed by atoms with van der Waals surface area (Å²) in [6, 6.07) is 4.86.